The number of fused-ring (bicyclic) bond motifs is 2. The van der Waals surface area contributed by atoms with E-state index in [-0.39, 0.29) is 5.41 Å². The largest absolute Gasteiger partial charge is 0.351 e. The zero-order chi connectivity index (χ0) is 16.9. The summed E-state index contributed by atoms with van der Waals surface area (Å²) in [7, 11) is 0. The second-order valence-electron chi connectivity index (χ2n) is 7.68. The van der Waals surface area contributed by atoms with Gasteiger partial charge in [-0.05, 0) is 36.6 Å². The molecule has 0 aliphatic carbocycles. The van der Waals surface area contributed by atoms with Crippen LogP contribution in [0.3, 0.4) is 0 Å². The number of nitrogens with zero attached hydrogens (tertiary/aromatic N) is 5. The normalized spacial score (nSPS) is 14.9. The quantitative estimate of drug-likeness (QED) is 0.690. The predicted molar refractivity (Wildman–Crippen MR) is 95.4 cm³/mol. The molecule has 0 unspecified atom stereocenters. The van der Waals surface area contributed by atoms with Crippen molar-refractivity contribution in [3.63, 3.8) is 0 Å². The molecule has 0 N–H and O–H groups in total. The van der Waals surface area contributed by atoms with Gasteiger partial charge in [0.05, 0.1) is 0 Å². The van der Waals surface area contributed by atoms with E-state index in [0.29, 0.717) is 0 Å². The first-order valence-corrected chi connectivity index (χ1v) is 8.48. The van der Waals surface area contributed by atoms with Crippen LogP contribution < -0.4 is 4.90 Å². The zero-order valence-electron chi connectivity index (χ0n) is 14.7. The predicted octanol–water partition coefficient (Wildman–Crippen LogP) is 3.29. The first-order chi connectivity index (χ1) is 11.4. The molecule has 5 heteroatoms. The van der Waals surface area contributed by atoms with Crippen molar-refractivity contribution >= 4 is 11.5 Å². The summed E-state index contributed by atoms with van der Waals surface area (Å²) in [5.74, 6) is 1.88. The van der Waals surface area contributed by atoms with Crippen molar-refractivity contribution in [2.75, 3.05) is 11.4 Å². The summed E-state index contributed by atoms with van der Waals surface area (Å²) in [6.07, 6.45) is 1.06. The summed E-state index contributed by atoms with van der Waals surface area (Å²) in [5.41, 5.74) is 4.91. The summed E-state index contributed by atoms with van der Waals surface area (Å²) in [5, 5.41) is 13.4. The minimum absolute atomic E-state index is 0.0862. The van der Waals surface area contributed by atoms with Crippen molar-refractivity contribution in [1.82, 2.24) is 19.8 Å². The van der Waals surface area contributed by atoms with E-state index in [1.165, 1.54) is 16.7 Å². The van der Waals surface area contributed by atoms with Gasteiger partial charge >= 0.3 is 0 Å². The molecule has 0 amide bonds. The number of hydrogen-bond acceptors (Lipinski definition) is 4. The van der Waals surface area contributed by atoms with E-state index in [0.717, 1.165) is 36.8 Å². The fourth-order valence-corrected chi connectivity index (χ4v) is 3.29. The Balaban J connectivity index is 1.71. The van der Waals surface area contributed by atoms with Gasteiger partial charge < -0.3 is 4.90 Å². The number of benzene rings is 1. The molecule has 0 radical (unpaired) electrons. The molecule has 0 spiro atoms. The van der Waals surface area contributed by atoms with Crippen LogP contribution in [0.5, 0.6) is 0 Å². The van der Waals surface area contributed by atoms with Crippen LogP contribution in [0.15, 0.2) is 30.3 Å². The molecule has 2 aromatic heterocycles. The Morgan fingerprint density at radius 3 is 2.62 bits per heavy atom. The lowest BCUT2D eigenvalue weighted by Gasteiger charge is -2.30. The van der Waals surface area contributed by atoms with Gasteiger partial charge in [0.15, 0.2) is 11.5 Å². The molecule has 5 nitrogen and oxygen atoms in total. The second kappa shape index (κ2) is 5.30. The number of rotatable bonds is 1. The monoisotopic (exact) mass is 321 g/mol. The second-order valence-corrected chi connectivity index (χ2v) is 7.68. The maximum absolute atomic E-state index is 4.83. The van der Waals surface area contributed by atoms with E-state index in [1.807, 2.05) is 10.6 Å². The summed E-state index contributed by atoms with van der Waals surface area (Å²) in [6, 6.07) is 10.8. The van der Waals surface area contributed by atoms with Crippen molar-refractivity contribution < 1.29 is 0 Å². The molecular formula is C19H23N5. The highest BCUT2D eigenvalue weighted by molar-refractivity contribution is 5.49. The van der Waals surface area contributed by atoms with Crippen molar-refractivity contribution in [1.29, 1.82) is 0 Å². The molecule has 3 aromatic rings. The Labute approximate surface area is 142 Å². The fraction of sp³-hybridized carbons (Fsp3) is 0.421. The van der Waals surface area contributed by atoms with Crippen molar-refractivity contribution in [2.45, 2.75) is 46.1 Å². The minimum Gasteiger partial charge on any atom is -0.351 e. The first kappa shape index (κ1) is 15.1. The van der Waals surface area contributed by atoms with Gasteiger partial charge in [0.25, 0.3) is 0 Å². The molecule has 0 bridgehead atoms. The lowest BCUT2D eigenvalue weighted by Crippen LogP contribution is -2.31. The molecule has 0 saturated carbocycles. The molecule has 1 aromatic carbocycles. The van der Waals surface area contributed by atoms with Crippen LogP contribution in [0, 0.1) is 6.92 Å². The Kier molecular flexibility index (Phi) is 3.34. The molecule has 3 heterocycles. The highest BCUT2D eigenvalue weighted by Crippen LogP contribution is 2.25. The molecule has 0 atom stereocenters. The van der Waals surface area contributed by atoms with Gasteiger partial charge in [-0.15, -0.1) is 15.3 Å². The highest BCUT2D eigenvalue weighted by atomic mass is 15.4. The van der Waals surface area contributed by atoms with Crippen LogP contribution in [0.25, 0.3) is 5.65 Å². The van der Waals surface area contributed by atoms with Crippen LogP contribution in [0.2, 0.25) is 0 Å². The third kappa shape index (κ3) is 2.54. The maximum atomic E-state index is 4.83. The van der Waals surface area contributed by atoms with Gasteiger partial charge in [-0.2, -0.15) is 4.52 Å². The summed E-state index contributed by atoms with van der Waals surface area (Å²) >= 11 is 0. The van der Waals surface area contributed by atoms with Gasteiger partial charge in [-0.25, -0.2) is 0 Å². The lowest BCUT2D eigenvalue weighted by atomic mass is 9.96. The molecule has 0 saturated heterocycles. The number of aromatic nitrogens is 4. The van der Waals surface area contributed by atoms with Crippen LogP contribution in [-0.2, 0) is 18.4 Å². The molecule has 1 aliphatic heterocycles. The summed E-state index contributed by atoms with van der Waals surface area (Å²) in [4.78, 5) is 2.34. The number of anilines is 1. The van der Waals surface area contributed by atoms with E-state index in [1.54, 1.807) is 0 Å². The lowest BCUT2D eigenvalue weighted by molar-refractivity contribution is 0.525. The molecular weight excluding hydrogens is 298 g/mol. The van der Waals surface area contributed by atoms with Crippen LogP contribution in [0.4, 0.5) is 5.82 Å². The molecule has 4 rings (SSSR count). The Morgan fingerprint density at radius 2 is 1.83 bits per heavy atom. The maximum Gasteiger partial charge on any atom is 0.178 e. The molecule has 24 heavy (non-hydrogen) atoms. The Bertz CT molecular complexity index is 904. The van der Waals surface area contributed by atoms with E-state index < -0.39 is 0 Å². The summed E-state index contributed by atoms with van der Waals surface area (Å²) in [6.45, 7) is 10.5. The summed E-state index contributed by atoms with van der Waals surface area (Å²) < 4.78 is 1.89. The van der Waals surface area contributed by atoms with Crippen molar-refractivity contribution in [3.8, 4) is 0 Å². The van der Waals surface area contributed by atoms with Crippen molar-refractivity contribution in [3.05, 3.63) is 52.8 Å². The molecule has 1 aliphatic rings. The average Bonchev–Trinajstić information content (AvgIpc) is 2.97. The molecule has 0 fully saturated rings. The first-order valence-electron chi connectivity index (χ1n) is 8.48. The number of aryl methyl sites for hydroxylation is 1. The fourth-order valence-electron chi connectivity index (χ4n) is 3.29. The third-order valence-electron chi connectivity index (χ3n) is 4.62. The van der Waals surface area contributed by atoms with E-state index in [4.69, 9.17) is 5.10 Å². The van der Waals surface area contributed by atoms with Crippen LogP contribution >= 0.6 is 0 Å². The third-order valence-corrected chi connectivity index (χ3v) is 4.62. The van der Waals surface area contributed by atoms with E-state index >= 15 is 0 Å². The van der Waals surface area contributed by atoms with E-state index in [2.05, 4.69) is 67.1 Å². The zero-order valence-corrected chi connectivity index (χ0v) is 14.7. The minimum atomic E-state index is -0.0862. The average molecular weight is 321 g/mol. The van der Waals surface area contributed by atoms with Gasteiger partial charge in [0.2, 0.25) is 0 Å². The van der Waals surface area contributed by atoms with Crippen LogP contribution in [-0.4, -0.2) is 26.4 Å². The van der Waals surface area contributed by atoms with Gasteiger partial charge in [0.1, 0.15) is 5.82 Å². The smallest absolute Gasteiger partial charge is 0.178 e. The molecule has 124 valence electrons. The van der Waals surface area contributed by atoms with Gasteiger partial charge in [-0.1, -0.05) is 44.5 Å². The van der Waals surface area contributed by atoms with Crippen LogP contribution in [0.1, 0.15) is 43.3 Å². The van der Waals surface area contributed by atoms with E-state index in [9.17, 15) is 0 Å². The van der Waals surface area contributed by atoms with Crippen molar-refractivity contribution in [2.24, 2.45) is 0 Å². The SMILES string of the molecule is Cc1ccc2c(c1)CCN(c1ccc3nnc(C(C)(C)C)n3n1)C2. The van der Waals surface area contributed by atoms with Gasteiger partial charge in [0, 0.05) is 18.5 Å². The Morgan fingerprint density at radius 1 is 1.00 bits per heavy atom. The topological polar surface area (TPSA) is 46.3 Å². The Hall–Kier alpha value is -2.43. The highest BCUT2D eigenvalue weighted by Gasteiger charge is 2.23. The number of hydrogen-bond donors (Lipinski definition) is 0. The standard InChI is InChI=1S/C19H23N5/c1-13-5-6-15-12-23(10-9-14(15)11-13)17-8-7-16-20-21-18(19(2,3)4)24(16)22-17/h5-8,11H,9-10,12H2,1-4H3. The van der Waals surface area contributed by atoms with Gasteiger partial charge in [-0.3, -0.25) is 0 Å².